The topological polar surface area (TPSA) is 157 Å². The number of nitrogens with zero attached hydrogens (tertiary/aromatic N) is 4. The van der Waals surface area contributed by atoms with Crippen LogP contribution in [0.15, 0.2) is 85.2 Å². The fourth-order valence-corrected chi connectivity index (χ4v) is 8.10. The Labute approximate surface area is 307 Å². The number of amides is 3. The minimum absolute atomic E-state index is 0.0574. The van der Waals surface area contributed by atoms with E-state index in [1.807, 2.05) is 17.2 Å². The number of hydrogen-bond acceptors (Lipinski definition) is 6. The first-order chi connectivity index (χ1) is 25.8. The molecule has 2 aromatic heterocycles. The van der Waals surface area contributed by atoms with E-state index in [1.165, 1.54) is 0 Å². The van der Waals surface area contributed by atoms with Crippen molar-refractivity contribution in [1.29, 1.82) is 0 Å². The second-order valence-electron chi connectivity index (χ2n) is 14.1. The van der Waals surface area contributed by atoms with Crippen molar-refractivity contribution in [2.24, 2.45) is 0 Å². The highest BCUT2D eigenvalue weighted by atomic mass is 16.5. The SMILES string of the molecule is Cc1cc(-c2cnc(C3CCCN3C(=O)C3CCCO3)[nH]2)ccc1-c1ccc(-c2cnc([C@@H]3CCCN3C(=O)[C@H](NC(=O)O)c3ccccc3)[nH]2)cc1. The number of hydrogen-bond donors (Lipinski definition) is 4. The van der Waals surface area contributed by atoms with Gasteiger partial charge in [0.15, 0.2) is 0 Å². The van der Waals surface area contributed by atoms with Crippen LogP contribution in [-0.2, 0) is 14.3 Å². The highest BCUT2D eigenvalue weighted by Gasteiger charge is 2.38. The van der Waals surface area contributed by atoms with E-state index in [4.69, 9.17) is 9.72 Å². The molecule has 0 radical (unpaired) electrons. The van der Waals surface area contributed by atoms with E-state index in [-0.39, 0.29) is 30.0 Å². The second kappa shape index (κ2) is 14.7. The molecule has 2 unspecified atom stereocenters. The summed E-state index contributed by atoms with van der Waals surface area (Å²) in [6.45, 7) is 4.02. The molecular formula is C41H43N7O5. The van der Waals surface area contributed by atoms with Crippen molar-refractivity contribution in [3.63, 3.8) is 0 Å². The summed E-state index contributed by atoms with van der Waals surface area (Å²) < 4.78 is 5.68. The molecule has 0 aliphatic carbocycles. The van der Waals surface area contributed by atoms with Crippen LogP contribution >= 0.6 is 0 Å². The minimum Gasteiger partial charge on any atom is -0.465 e. The van der Waals surface area contributed by atoms with Crippen molar-refractivity contribution in [3.8, 4) is 33.6 Å². The maximum Gasteiger partial charge on any atom is 0.405 e. The maximum absolute atomic E-state index is 13.7. The van der Waals surface area contributed by atoms with Crippen LogP contribution in [0.5, 0.6) is 0 Å². The summed E-state index contributed by atoms with van der Waals surface area (Å²) >= 11 is 0. The van der Waals surface area contributed by atoms with Crippen LogP contribution in [0.4, 0.5) is 4.79 Å². The number of aryl methyl sites for hydroxylation is 1. The van der Waals surface area contributed by atoms with Crippen LogP contribution < -0.4 is 5.32 Å². The van der Waals surface area contributed by atoms with Crippen LogP contribution in [-0.4, -0.2) is 78.6 Å². The molecule has 3 amide bonds. The van der Waals surface area contributed by atoms with Crippen LogP contribution in [0, 0.1) is 6.92 Å². The number of H-pyrrole nitrogens is 2. The number of imidazole rings is 2. The number of carbonyl (C=O) groups excluding carboxylic acids is 2. The Bertz CT molecular complexity index is 2100. The lowest BCUT2D eigenvalue weighted by Gasteiger charge is -2.28. The number of aromatic amines is 2. The van der Waals surface area contributed by atoms with Crippen LogP contribution in [0.2, 0.25) is 0 Å². The van der Waals surface area contributed by atoms with Gasteiger partial charge in [0.2, 0.25) is 0 Å². The molecule has 5 heterocycles. The maximum atomic E-state index is 13.7. The average Bonchev–Trinajstić information content (AvgIpc) is 4.03. The summed E-state index contributed by atoms with van der Waals surface area (Å²) in [7, 11) is 0. The molecule has 4 N–H and O–H groups in total. The first-order valence-corrected chi connectivity index (χ1v) is 18.4. The van der Waals surface area contributed by atoms with Gasteiger partial charge in [0.05, 0.1) is 35.9 Å². The number of nitrogens with one attached hydrogen (secondary N) is 3. The molecule has 4 atom stereocenters. The molecular weight excluding hydrogens is 670 g/mol. The Morgan fingerprint density at radius 1 is 0.792 bits per heavy atom. The summed E-state index contributed by atoms with van der Waals surface area (Å²) in [6.07, 6.45) is 7.18. The number of carboxylic acid groups (broad SMARTS) is 1. The van der Waals surface area contributed by atoms with Gasteiger partial charge in [-0.05, 0) is 84.9 Å². The lowest BCUT2D eigenvalue weighted by Crippen LogP contribution is -2.42. The van der Waals surface area contributed by atoms with E-state index in [9.17, 15) is 19.5 Å². The van der Waals surface area contributed by atoms with E-state index in [0.29, 0.717) is 24.5 Å². The third kappa shape index (κ3) is 6.94. The van der Waals surface area contributed by atoms with Crippen molar-refractivity contribution >= 4 is 17.9 Å². The van der Waals surface area contributed by atoms with E-state index >= 15 is 0 Å². The normalized spacial score (nSPS) is 20.5. The van der Waals surface area contributed by atoms with E-state index in [2.05, 4.69) is 69.7 Å². The molecule has 3 fully saturated rings. The second-order valence-corrected chi connectivity index (χ2v) is 14.1. The Morgan fingerprint density at radius 3 is 2.06 bits per heavy atom. The molecule has 0 spiro atoms. The summed E-state index contributed by atoms with van der Waals surface area (Å²) in [5.74, 6) is 1.29. The van der Waals surface area contributed by atoms with Gasteiger partial charge in [0.25, 0.3) is 11.8 Å². The Hall–Kier alpha value is -5.75. The monoisotopic (exact) mass is 713 g/mol. The van der Waals surface area contributed by atoms with Crippen LogP contribution in [0.3, 0.4) is 0 Å². The molecule has 12 nitrogen and oxygen atoms in total. The fourth-order valence-electron chi connectivity index (χ4n) is 8.10. The van der Waals surface area contributed by atoms with Crippen molar-refractivity contribution < 1.29 is 24.2 Å². The van der Waals surface area contributed by atoms with E-state index in [0.717, 1.165) is 90.1 Å². The lowest BCUT2D eigenvalue weighted by molar-refractivity contribution is -0.142. The number of carbonyl (C=O) groups is 3. The molecule has 0 saturated carbocycles. The third-order valence-corrected chi connectivity index (χ3v) is 10.8. The van der Waals surface area contributed by atoms with Gasteiger partial charge in [0, 0.05) is 19.7 Å². The van der Waals surface area contributed by atoms with Gasteiger partial charge < -0.3 is 34.9 Å². The largest absolute Gasteiger partial charge is 0.465 e. The van der Waals surface area contributed by atoms with Gasteiger partial charge in [0.1, 0.15) is 23.8 Å². The van der Waals surface area contributed by atoms with Gasteiger partial charge in [-0.15, -0.1) is 0 Å². The fraction of sp³-hybridized carbons (Fsp3) is 0.341. The smallest absolute Gasteiger partial charge is 0.405 e. The van der Waals surface area contributed by atoms with E-state index < -0.39 is 12.1 Å². The summed E-state index contributed by atoms with van der Waals surface area (Å²) in [5.41, 5.74) is 7.71. The highest BCUT2D eigenvalue weighted by Crippen LogP contribution is 2.36. The zero-order valence-corrected chi connectivity index (χ0v) is 29.6. The lowest BCUT2D eigenvalue weighted by atomic mass is 9.96. The molecule has 3 aromatic carbocycles. The van der Waals surface area contributed by atoms with Crippen molar-refractivity contribution in [3.05, 3.63) is 108 Å². The first-order valence-electron chi connectivity index (χ1n) is 18.4. The molecule has 3 aliphatic heterocycles. The number of rotatable bonds is 9. The zero-order valence-electron chi connectivity index (χ0n) is 29.6. The number of aromatic nitrogens is 4. The van der Waals surface area contributed by atoms with E-state index in [1.54, 1.807) is 35.4 Å². The summed E-state index contributed by atoms with van der Waals surface area (Å²) in [6, 6.07) is 22.3. The molecule has 3 saturated heterocycles. The van der Waals surface area contributed by atoms with Crippen molar-refractivity contribution in [2.75, 3.05) is 19.7 Å². The Morgan fingerprint density at radius 2 is 1.42 bits per heavy atom. The summed E-state index contributed by atoms with van der Waals surface area (Å²) in [4.78, 5) is 58.4. The summed E-state index contributed by atoms with van der Waals surface area (Å²) in [5, 5.41) is 11.9. The van der Waals surface area contributed by atoms with Gasteiger partial charge in [-0.1, -0.05) is 66.7 Å². The predicted octanol–water partition coefficient (Wildman–Crippen LogP) is 6.96. The number of likely N-dealkylation sites (tertiary alicyclic amines) is 2. The number of benzene rings is 3. The van der Waals surface area contributed by atoms with Gasteiger partial charge >= 0.3 is 6.09 Å². The van der Waals surface area contributed by atoms with Gasteiger partial charge in [-0.25, -0.2) is 14.8 Å². The van der Waals surface area contributed by atoms with Crippen molar-refractivity contribution in [1.82, 2.24) is 35.1 Å². The minimum atomic E-state index is -1.25. The molecule has 3 aliphatic rings. The van der Waals surface area contributed by atoms with Gasteiger partial charge in [-0.3, -0.25) is 9.59 Å². The Kier molecular flexibility index (Phi) is 9.53. The molecule has 12 heteroatoms. The third-order valence-electron chi connectivity index (χ3n) is 10.8. The van der Waals surface area contributed by atoms with Crippen LogP contribution in [0.1, 0.15) is 79.4 Å². The first kappa shape index (κ1) is 34.3. The average molecular weight is 714 g/mol. The van der Waals surface area contributed by atoms with Gasteiger partial charge in [-0.2, -0.15) is 0 Å². The quantitative estimate of drug-likeness (QED) is 0.129. The predicted molar refractivity (Wildman–Crippen MR) is 198 cm³/mol. The highest BCUT2D eigenvalue weighted by molar-refractivity contribution is 5.87. The zero-order chi connectivity index (χ0) is 36.5. The molecule has 53 heavy (non-hydrogen) atoms. The Balaban J connectivity index is 0.949. The van der Waals surface area contributed by atoms with Crippen molar-refractivity contribution in [2.45, 2.75) is 69.7 Å². The number of ether oxygens (including phenoxy) is 1. The molecule has 8 rings (SSSR count). The van der Waals surface area contributed by atoms with Crippen LogP contribution in [0.25, 0.3) is 33.6 Å². The standard InChI is InChI=1S/C41H43N7O5/c1-25-22-29(32-24-43-37(45-32)33-10-5-19-47(33)39(49)35-12-7-21-53-35)17-18-30(25)26-13-15-27(16-14-26)31-23-42-38(44-31)34-11-6-20-48(34)40(50)36(46-41(51)52)28-8-3-2-4-9-28/h2-4,8-9,13-18,22-24,33-36,46H,5-7,10-12,19-21H2,1H3,(H,42,44)(H,43,45)(H,51,52)/t33?,34-,35?,36+/m0/s1. The molecule has 5 aromatic rings. The molecule has 0 bridgehead atoms. The molecule has 272 valence electrons.